The van der Waals surface area contributed by atoms with Gasteiger partial charge in [-0.15, -0.1) is 10.2 Å². The van der Waals surface area contributed by atoms with E-state index in [1.54, 1.807) is 0 Å². The number of benzene rings is 1. The van der Waals surface area contributed by atoms with Gasteiger partial charge < -0.3 is 20.0 Å². The fourth-order valence-electron chi connectivity index (χ4n) is 2.91. The molecule has 3 aromatic rings. The van der Waals surface area contributed by atoms with Crippen LogP contribution in [0.15, 0.2) is 30.5 Å². The Bertz CT molecular complexity index is 832. The zero-order valence-electron chi connectivity index (χ0n) is 13.6. The fourth-order valence-corrected chi connectivity index (χ4v) is 2.91. The molecule has 126 valence electrons. The van der Waals surface area contributed by atoms with E-state index in [2.05, 4.69) is 55.5 Å². The summed E-state index contributed by atoms with van der Waals surface area (Å²) in [6.07, 6.45) is 3.87. The van der Waals surface area contributed by atoms with E-state index in [4.69, 9.17) is 9.90 Å². The molecule has 0 aliphatic carbocycles. The number of para-hydroxylation sites is 1. The number of aromatic amines is 1. The van der Waals surface area contributed by atoms with Gasteiger partial charge in [-0.25, -0.2) is 0 Å². The molecule has 1 aliphatic heterocycles. The van der Waals surface area contributed by atoms with Crippen LogP contribution in [0.2, 0.25) is 0 Å². The van der Waals surface area contributed by atoms with Gasteiger partial charge in [0, 0.05) is 56.5 Å². The Labute approximate surface area is 139 Å². The number of carboxylic acid groups (broad SMARTS) is 1. The van der Waals surface area contributed by atoms with E-state index < -0.39 is 5.97 Å². The summed E-state index contributed by atoms with van der Waals surface area (Å²) in [5.74, 6) is 1.33. The lowest BCUT2D eigenvalue weighted by atomic mass is 10.1. The molecule has 4 rings (SSSR count). The Morgan fingerprint density at radius 1 is 1.29 bits per heavy atom. The molecule has 0 radical (unpaired) electrons. The molecule has 24 heavy (non-hydrogen) atoms. The van der Waals surface area contributed by atoms with Crippen LogP contribution < -0.4 is 5.32 Å². The number of hydrogen-bond acceptors (Lipinski definition) is 4. The van der Waals surface area contributed by atoms with Crippen molar-refractivity contribution in [2.75, 3.05) is 13.1 Å². The van der Waals surface area contributed by atoms with E-state index in [-0.39, 0.29) is 0 Å². The monoisotopic (exact) mass is 327 g/mol. The van der Waals surface area contributed by atoms with Gasteiger partial charge in [-0.3, -0.25) is 4.79 Å². The smallest absolute Gasteiger partial charge is 0.300 e. The minimum Gasteiger partial charge on any atom is -0.481 e. The number of aromatic nitrogens is 4. The van der Waals surface area contributed by atoms with Crippen molar-refractivity contribution >= 4 is 16.9 Å². The maximum Gasteiger partial charge on any atom is 0.300 e. The molecule has 0 unspecified atom stereocenters. The largest absolute Gasteiger partial charge is 0.481 e. The van der Waals surface area contributed by atoms with Crippen LogP contribution in [0, 0.1) is 0 Å². The van der Waals surface area contributed by atoms with Gasteiger partial charge in [0.05, 0.1) is 0 Å². The predicted octanol–water partition coefficient (Wildman–Crippen LogP) is 1.59. The third-order valence-electron chi connectivity index (χ3n) is 3.97. The van der Waals surface area contributed by atoms with E-state index in [0.29, 0.717) is 0 Å². The third-order valence-corrected chi connectivity index (χ3v) is 3.97. The second-order valence-corrected chi connectivity index (χ2v) is 5.74. The number of H-pyrrole nitrogens is 1. The SMILES string of the molecule is CC(=O)O.c1ccc2c(Cc3nnc4n3CCNCC4)c[nH]c2c1. The van der Waals surface area contributed by atoms with E-state index in [1.165, 1.54) is 16.5 Å². The number of aliphatic carboxylic acids is 1. The lowest BCUT2D eigenvalue weighted by Gasteiger charge is -2.06. The number of nitrogens with zero attached hydrogens (tertiary/aromatic N) is 3. The highest BCUT2D eigenvalue weighted by atomic mass is 16.4. The average Bonchev–Trinajstić information content (AvgIpc) is 3.04. The first-order valence-electron chi connectivity index (χ1n) is 8.01. The molecule has 0 bridgehead atoms. The van der Waals surface area contributed by atoms with Crippen molar-refractivity contribution in [3.8, 4) is 0 Å². The summed E-state index contributed by atoms with van der Waals surface area (Å²) < 4.78 is 2.27. The van der Waals surface area contributed by atoms with Crippen molar-refractivity contribution < 1.29 is 9.90 Å². The second-order valence-electron chi connectivity index (χ2n) is 5.74. The number of fused-ring (bicyclic) bond motifs is 2. The van der Waals surface area contributed by atoms with E-state index in [9.17, 15) is 0 Å². The predicted molar refractivity (Wildman–Crippen MR) is 91.0 cm³/mol. The number of hydrogen-bond donors (Lipinski definition) is 3. The average molecular weight is 327 g/mol. The minimum atomic E-state index is -0.833. The number of carbonyl (C=O) groups is 1. The molecule has 0 fully saturated rings. The lowest BCUT2D eigenvalue weighted by molar-refractivity contribution is -0.134. The van der Waals surface area contributed by atoms with Crippen molar-refractivity contribution in [2.24, 2.45) is 0 Å². The van der Waals surface area contributed by atoms with Gasteiger partial charge in [-0.05, 0) is 11.6 Å². The normalized spacial score (nSPS) is 13.7. The highest BCUT2D eigenvalue weighted by molar-refractivity contribution is 5.83. The third kappa shape index (κ3) is 3.62. The van der Waals surface area contributed by atoms with Crippen molar-refractivity contribution in [2.45, 2.75) is 26.3 Å². The molecule has 0 amide bonds. The molecular formula is C17H21N5O2. The summed E-state index contributed by atoms with van der Waals surface area (Å²) in [7, 11) is 0. The van der Waals surface area contributed by atoms with Gasteiger partial charge in [0.1, 0.15) is 11.6 Å². The highest BCUT2D eigenvalue weighted by Crippen LogP contribution is 2.20. The topological polar surface area (TPSA) is 95.8 Å². The van der Waals surface area contributed by atoms with Gasteiger partial charge in [0.25, 0.3) is 5.97 Å². The van der Waals surface area contributed by atoms with Crippen LogP contribution in [-0.2, 0) is 24.2 Å². The van der Waals surface area contributed by atoms with Crippen LogP contribution in [0.5, 0.6) is 0 Å². The molecule has 3 heterocycles. The first-order chi connectivity index (χ1) is 11.6. The standard InChI is InChI=1S/C15H17N5.C2H4O2/c1-2-4-13-12(3-1)11(10-17-13)9-15-19-18-14-5-6-16-7-8-20(14)15;1-2(3)4/h1-4,10,16-17H,5-9H2;1H3,(H,3,4). The molecule has 0 spiro atoms. The molecule has 2 aromatic heterocycles. The summed E-state index contributed by atoms with van der Waals surface area (Å²) in [5.41, 5.74) is 2.47. The highest BCUT2D eigenvalue weighted by Gasteiger charge is 2.15. The van der Waals surface area contributed by atoms with E-state index >= 15 is 0 Å². The first-order valence-corrected chi connectivity index (χ1v) is 8.01. The molecule has 7 nitrogen and oxygen atoms in total. The minimum absolute atomic E-state index is 0.830. The van der Waals surface area contributed by atoms with Crippen molar-refractivity contribution in [3.63, 3.8) is 0 Å². The molecular weight excluding hydrogens is 306 g/mol. The summed E-state index contributed by atoms with van der Waals surface area (Å²) in [6.45, 7) is 4.02. The van der Waals surface area contributed by atoms with Gasteiger partial charge in [-0.1, -0.05) is 18.2 Å². The summed E-state index contributed by atoms with van der Waals surface area (Å²) >= 11 is 0. The number of carboxylic acids is 1. The van der Waals surface area contributed by atoms with Crippen LogP contribution in [-0.4, -0.2) is 43.9 Å². The van der Waals surface area contributed by atoms with Gasteiger partial charge in [0.15, 0.2) is 0 Å². The second kappa shape index (κ2) is 7.27. The maximum atomic E-state index is 9.00. The van der Waals surface area contributed by atoms with Crippen LogP contribution in [0.1, 0.15) is 24.1 Å². The Morgan fingerprint density at radius 3 is 2.92 bits per heavy atom. The van der Waals surface area contributed by atoms with Gasteiger partial charge in [0.2, 0.25) is 0 Å². The Morgan fingerprint density at radius 2 is 2.08 bits per heavy atom. The van der Waals surface area contributed by atoms with Gasteiger partial charge in [-0.2, -0.15) is 0 Å². The zero-order chi connectivity index (χ0) is 16.9. The van der Waals surface area contributed by atoms with Crippen molar-refractivity contribution in [1.82, 2.24) is 25.1 Å². The molecule has 0 saturated carbocycles. The lowest BCUT2D eigenvalue weighted by Crippen LogP contribution is -2.18. The Balaban J connectivity index is 0.000000383. The van der Waals surface area contributed by atoms with Gasteiger partial charge >= 0.3 is 0 Å². The molecule has 7 heteroatoms. The summed E-state index contributed by atoms with van der Waals surface area (Å²) in [6, 6.07) is 8.39. The molecule has 3 N–H and O–H groups in total. The zero-order valence-corrected chi connectivity index (χ0v) is 13.6. The molecule has 0 atom stereocenters. The van der Waals surface area contributed by atoms with Crippen LogP contribution in [0.3, 0.4) is 0 Å². The molecule has 0 saturated heterocycles. The molecule has 1 aliphatic rings. The van der Waals surface area contributed by atoms with Crippen molar-refractivity contribution in [3.05, 3.63) is 47.7 Å². The Kier molecular flexibility index (Phi) is 4.90. The van der Waals surface area contributed by atoms with Crippen LogP contribution >= 0.6 is 0 Å². The molecule has 1 aromatic carbocycles. The van der Waals surface area contributed by atoms with E-state index in [0.717, 1.165) is 51.0 Å². The quantitative estimate of drug-likeness (QED) is 0.664. The van der Waals surface area contributed by atoms with Crippen LogP contribution in [0.4, 0.5) is 0 Å². The fraction of sp³-hybridized carbons (Fsp3) is 0.353. The number of rotatable bonds is 2. The summed E-state index contributed by atoms with van der Waals surface area (Å²) in [5, 5.41) is 20.8. The van der Waals surface area contributed by atoms with Crippen LogP contribution in [0.25, 0.3) is 10.9 Å². The van der Waals surface area contributed by atoms with Crippen molar-refractivity contribution in [1.29, 1.82) is 0 Å². The maximum absolute atomic E-state index is 9.00. The van der Waals surface area contributed by atoms with E-state index in [1.807, 2.05) is 0 Å². The first kappa shape index (κ1) is 16.2. The Hall–Kier alpha value is -2.67. The summed E-state index contributed by atoms with van der Waals surface area (Å²) in [4.78, 5) is 12.3. The number of nitrogens with one attached hydrogen (secondary N) is 2.